The highest BCUT2D eigenvalue weighted by atomic mass is 35.5. The highest BCUT2D eigenvalue weighted by molar-refractivity contribution is 6.31. The van der Waals surface area contributed by atoms with Crippen LogP contribution in [-0.2, 0) is 6.61 Å². The number of amides is 1. The highest BCUT2D eigenvalue weighted by Gasteiger charge is 2.04. The van der Waals surface area contributed by atoms with Gasteiger partial charge in [-0.1, -0.05) is 47.5 Å². The molecule has 0 aliphatic heterocycles. The second kappa shape index (κ2) is 9.21. The predicted octanol–water partition coefficient (Wildman–Crippen LogP) is 5.34. The molecule has 0 aliphatic rings. The summed E-state index contributed by atoms with van der Waals surface area (Å²) >= 11 is 12.0. The zero-order valence-corrected chi connectivity index (χ0v) is 15.7. The summed E-state index contributed by atoms with van der Waals surface area (Å²) in [5.41, 5.74) is 4.67. The maximum absolute atomic E-state index is 12.0. The van der Waals surface area contributed by atoms with E-state index in [1.165, 1.54) is 0 Å². The van der Waals surface area contributed by atoms with Crippen molar-refractivity contribution in [1.29, 1.82) is 0 Å². The van der Waals surface area contributed by atoms with Gasteiger partial charge in [0.2, 0.25) is 0 Å². The lowest BCUT2D eigenvalue weighted by Crippen LogP contribution is -2.17. The summed E-state index contributed by atoms with van der Waals surface area (Å²) < 4.78 is 5.73. The fourth-order valence-electron chi connectivity index (χ4n) is 2.29. The molecular formula is C21H16Cl2N2O2. The Kier molecular flexibility index (Phi) is 6.47. The van der Waals surface area contributed by atoms with E-state index in [2.05, 4.69) is 10.5 Å². The van der Waals surface area contributed by atoms with Crippen molar-refractivity contribution >= 4 is 35.3 Å². The molecule has 3 rings (SSSR count). The summed E-state index contributed by atoms with van der Waals surface area (Å²) in [5, 5.41) is 5.13. The van der Waals surface area contributed by atoms with Gasteiger partial charge in [-0.25, -0.2) is 5.43 Å². The number of benzene rings is 3. The number of ether oxygens (including phenoxy) is 1. The number of halogens is 2. The molecule has 0 saturated heterocycles. The quantitative estimate of drug-likeness (QED) is 0.450. The standard InChI is InChI=1S/C21H16Cl2N2O2/c22-18-6-3-5-16(12-18)21(26)25-24-13-15-8-10-19(11-9-15)27-14-17-4-1-2-7-20(17)23/h1-13H,14H2,(H,25,26). The third-order valence-electron chi connectivity index (χ3n) is 3.70. The number of rotatable bonds is 6. The molecule has 0 atom stereocenters. The summed E-state index contributed by atoms with van der Waals surface area (Å²) in [7, 11) is 0. The van der Waals surface area contributed by atoms with Gasteiger partial charge in [0.1, 0.15) is 12.4 Å². The van der Waals surface area contributed by atoms with E-state index >= 15 is 0 Å². The van der Waals surface area contributed by atoms with E-state index in [9.17, 15) is 4.79 Å². The Morgan fingerprint density at radius 3 is 2.52 bits per heavy atom. The summed E-state index contributed by atoms with van der Waals surface area (Å²) in [5.74, 6) is 0.392. The van der Waals surface area contributed by atoms with Crippen LogP contribution in [0.5, 0.6) is 5.75 Å². The van der Waals surface area contributed by atoms with Crippen LogP contribution in [0.2, 0.25) is 10.0 Å². The number of hydrogen-bond acceptors (Lipinski definition) is 3. The second-order valence-corrected chi connectivity index (χ2v) is 6.50. The molecular weight excluding hydrogens is 383 g/mol. The molecule has 0 radical (unpaired) electrons. The molecule has 1 amide bonds. The molecule has 0 fully saturated rings. The van der Waals surface area contributed by atoms with E-state index in [1.54, 1.807) is 30.5 Å². The van der Waals surface area contributed by atoms with Gasteiger partial charge >= 0.3 is 0 Å². The Morgan fingerprint density at radius 1 is 1.00 bits per heavy atom. The molecule has 3 aromatic carbocycles. The maximum Gasteiger partial charge on any atom is 0.271 e. The van der Waals surface area contributed by atoms with Gasteiger partial charge in [0.25, 0.3) is 5.91 Å². The van der Waals surface area contributed by atoms with Crippen LogP contribution in [0.1, 0.15) is 21.5 Å². The molecule has 0 saturated carbocycles. The summed E-state index contributed by atoms with van der Waals surface area (Å²) in [6.45, 7) is 0.392. The van der Waals surface area contributed by atoms with Crippen LogP contribution in [0, 0.1) is 0 Å². The summed E-state index contributed by atoms with van der Waals surface area (Å²) in [6, 6.07) is 21.6. The molecule has 0 unspecified atom stereocenters. The van der Waals surface area contributed by atoms with Crippen LogP contribution >= 0.6 is 23.2 Å². The van der Waals surface area contributed by atoms with Gasteiger partial charge < -0.3 is 4.74 Å². The first kappa shape index (κ1) is 19.0. The number of nitrogens with one attached hydrogen (secondary N) is 1. The minimum atomic E-state index is -0.326. The topological polar surface area (TPSA) is 50.7 Å². The summed E-state index contributed by atoms with van der Waals surface area (Å²) in [4.78, 5) is 12.0. The first-order chi connectivity index (χ1) is 13.1. The van der Waals surface area contributed by atoms with Crippen molar-refractivity contribution in [3.63, 3.8) is 0 Å². The van der Waals surface area contributed by atoms with Gasteiger partial charge in [-0.3, -0.25) is 4.79 Å². The van der Waals surface area contributed by atoms with Gasteiger partial charge in [-0.15, -0.1) is 0 Å². The fourth-order valence-corrected chi connectivity index (χ4v) is 2.67. The Morgan fingerprint density at radius 2 is 1.78 bits per heavy atom. The number of nitrogens with zero attached hydrogens (tertiary/aromatic N) is 1. The van der Waals surface area contributed by atoms with E-state index in [-0.39, 0.29) is 5.91 Å². The molecule has 4 nitrogen and oxygen atoms in total. The molecule has 0 heterocycles. The monoisotopic (exact) mass is 398 g/mol. The largest absolute Gasteiger partial charge is 0.489 e. The zero-order chi connectivity index (χ0) is 19.1. The molecule has 0 bridgehead atoms. The Bertz CT molecular complexity index is 956. The number of hydrazone groups is 1. The van der Waals surface area contributed by atoms with Crippen molar-refractivity contribution in [2.24, 2.45) is 5.10 Å². The van der Waals surface area contributed by atoms with Crippen molar-refractivity contribution in [1.82, 2.24) is 5.43 Å². The van der Waals surface area contributed by atoms with Crippen molar-refractivity contribution in [3.8, 4) is 5.75 Å². The van der Waals surface area contributed by atoms with Gasteiger partial charge in [-0.05, 0) is 54.1 Å². The zero-order valence-electron chi connectivity index (χ0n) is 14.2. The van der Waals surface area contributed by atoms with E-state index in [0.717, 1.165) is 16.9 Å². The van der Waals surface area contributed by atoms with Crippen molar-refractivity contribution in [2.75, 3.05) is 0 Å². The predicted molar refractivity (Wildman–Crippen MR) is 109 cm³/mol. The van der Waals surface area contributed by atoms with E-state index in [0.29, 0.717) is 22.2 Å². The molecule has 1 N–H and O–H groups in total. The molecule has 27 heavy (non-hydrogen) atoms. The molecule has 136 valence electrons. The second-order valence-electron chi connectivity index (χ2n) is 5.66. The van der Waals surface area contributed by atoms with Gasteiger partial charge in [-0.2, -0.15) is 5.10 Å². The fraction of sp³-hybridized carbons (Fsp3) is 0.0476. The van der Waals surface area contributed by atoms with Crippen molar-refractivity contribution < 1.29 is 9.53 Å². The van der Waals surface area contributed by atoms with Gasteiger partial charge in [0.15, 0.2) is 0 Å². The molecule has 3 aromatic rings. The van der Waals surface area contributed by atoms with Crippen LogP contribution in [0.4, 0.5) is 0 Å². The lowest BCUT2D eigenvalue weighted by atomic mass is 10.2. The normalized spacial score (nSPS) is 10.7. The van der Waals surface area contributed by atoms with E-state index in [1.807, 2.05) is 48.5 Å². The Hall–Kier alpha value is -2.82. The maximum atomic E-state index is 12.0. The summed E-state index contributed by atoms with van der Waals surface area (Å²) in [6.07, 6.45) is 1.56. The average Bonchev–Trinajstić information content (AvgIpc) is 2.68. The third kappa shape index (κ3) is 5.58. The van der Waals surface area contributed by atoms with Crippen LogP contribution in [0.25, 0.3) is 0 Å². The number of hydrogen-bond donors (Lipinski definition) is 1. The first-order valence-electron chi connectivity index (χ1n) is 8.17. The van der Waals surface area contributed by atoms with Gasteiger partial charge in [0.05, 0.1) is 6.21 Å². The molecule has 0 aliphatic carbocycles. The average molecular weight is 399 g/mol. The minimum absolute atomic E-state index is 0.326. The van der Waals surface area contributed by atoms with Gasteiger partial charge in [0, 0.05) is 21.2 Å². The minimum Gasteiger partial charge on any atom is -0.489 e. The lowest BCUT2D eigenvalue weighted by Gasteiger charge is -2.07. The molecule has 0 spiro atoms. The molecule has 6 heteroatoms. The van der Waals surface area contributed by atoms with E-state index < -0.39 is 0 Å². The van der Waals surface area contributed by atoms with Crippen LogP contribution in [-0.4, -0.2) is 12.1 Å². The lowest BCUT2D eigenvalue weighted by molar-refractivity contribution is 0.0955. The van der Waals surface area contributed by atoms with Crippen LogP contribution in [0.3, 0.4) is 0 Å². The van der Waals surface area contributed by atoms with Crippen molar-refractivity contribution in [2.45, 2.75) is 6.61 Å². The highest BCUT2D eigenvalue weighted by Crippen LogP contribution is 2.18. The molecule has 0 aromatic heterocycles. The number of carbonyl (C=O) groups excluding carboxylic acids is 1. The Labute approximate surface area is 167 Å². The SMILES string of the molecule is O=C(NN=Cc1ccc(OCc2ccccc2Cl)cc1)c1cccc(Cl)c1. The first-order valence-corrected chi connectivity index (χ1v) is 8.92. The number of carbonyl (C=O) groups is 1. The van der Waals surface area contributed by atoms with E-state index in [4.69, 9.17) is 27.9 Å². The van der Waals surface area contributed by atoms with Crippen molar-refractivity contribution in [3.05, 3.63) is 99.5 Å². The Balaban J connectivity index is 1.53. The van der Waals surface area contributed by atoms with Crippen LogP contribution in [0.15, 0.2) is 77.9 Å². The smallest absolute Gasteiger partial charge is 0.271 e. The van der Waals surface area contributed by atoms with Crippen LogP contribution < -0.4 is 10.2 Å². The third-order valence-corrected chi connectivity index (χ3v) is 4.30.